The molecule has 3 rings (SSSR count). The van der Waals surface area contributed by atoms with Gasteiger partial charge in [-0.25, -0.2) is 0 Å². The van der Waals surface area contributed by atoms with E-state index >= 15 is 0 Å². The van der Waals surface area contributed by atoms with E-state index in [1.807, 2.05) is 0 Å². The Bertz CT molecular complexity index is 389. The van der Waals surface area contributed by atoms with E-state index in [2.05, 4.69) is 27.8 Å². The Kier molecular flexibility index (Phi) is 3.38. The Morgan fingerprint density at radius 3 is 2.26 bits per heavy atom. The Balaban J connectivity index is 1.72. The van der Waals surface area contributed by atoms with Crippen LogP contribution in [-0.2, 0) is 9.53 Å². The van der Waals surface area contributed by atoms with Gasteiger partial charge in [0.2, 0.25) is 0 Å². The number of alkyl halides is 1. The molecule has 19 heavy (non-hydrogen) atoms. The number of hydrogen-bond donors (Lipinski definition) is 2. The summed E-state index contributed by atoms with van der Waals surface area (Å²) in [6.07, 6.45) is 7.58. The van der Waals surface area contributed by atoms with E-state index in [1.54, 1.807) is 0 Å². The summed E-state index contributed by atoms with van der Waals surface area (Å²) in [5, 5.41) is 0. The molecule has 0 aromatic carbocycles. The molecular formula is C14H25IN2O2. The van der Waals surface area contributed by atoms with E-state index in [1.165, 1.54) is 19.3 Å². The first-order valence-electron chi connectivity index (χ1n) is 7.51. The third kappa shape index (κ3) is 2.03. The van der Waals surface area contributed by atoms with Crippen molar-refractivity contribution >= 4 is 26.3 Å². The van der Waals surface area contributed by atoms with Crippen LogP contribution in [0.25, 0.3) is 0 Å². The zero-order valence-electron chi connectivity index (χ0n) is 12.1. The van der Waals surface area contributed by atoms with Crippen LogP contribution in [0, 0.1) is 5.41 Å². The predicted molar refractivity (Wildman–Crippen MR) is 83.6 cm³/mol. The van der Waals surface area contributed by atoms with Crippen molar-refractivity contribution in [3.05, 3.63) is 0 Å². The molecule has 0 spiro atoms. The molecule has 0 radical (unpaired) electrons. The van der Waals surface area contributed by atoms with Crippen LogP contribution < -0.4 is 7.06 Å². The maximum atomic E-state index is 12.8. The van der Waals surface area contributed by atoms with Crippen molar-refractivity contribution < 1.29 is 9.53 Å². The summed E-state index contributed by atoms with van der Waals surface area (Å²) in [5.41, 5.74) is -0.539. The number of esters is 1. The normalized spacial score (nSPS) is 31.0. The SMILES string of the molecule is CCC1(OC(=O)C(C)(CC)C23NI2N3)CCCCC1. The predicted octanol–water partition coefficient (Wildman–Crippen LogP) is 3.26. The number of ether oxygens (including phenoxy) is 1. The summed E-state index contributed by atoms with van der Waals surface area (Å²) in [6.45, 7) is 6.33. The third-order valence-electron chi connectivity index (χ3n) is 5.30. The van der Waals surface area contributed by atoms with Crippen molar-refractivity contribution in [3.8, 4) is 0 Å². The molecule has 3 aliphatic rings. The topological polar surface area (TPSA) is 70.2 Å². The van der Waals surface area contributed by atoms with Crippen LogP contribution in [0.15, 0.2) is 0 Å². The molecule has 1 saturated carbocycles. The second kappa shape index (κ2) is 4.56. The number of fused-ring (bicyclic) bond motifs is 1. The summed E-state index contributed by atoms with van der Waals surface area (Å²) >= 11 is -1.11. The van der Waals surface area contributed by atoms with Crippen molar-refractivity contribution in [2.45, 2.75) is 75.0 Å². The first-order chi connectivity index (χ1) is 9.02. The summed E-state index contributed by atoms with van der Waals surface area (Å²) in [4.78, 5) is 12.8. The number of hydrogen-bond acceptors (Lipinski definition) is 4. The van der Waals surface area contributed by atoms with Crippen LogP contribution in [0.2, 0.25) is 0 Å². The van der Waals surface area contributed by atoms with E-state index in [-0.39, 0.29) is 20.7 Å². The fourth-order valence-corrected chi connectivity index (χ4v) is 8.84. The molecule has 1 aliphatic carbocycles. The van der Waals surface area contributed by atoms with Crippen LogP contribution in [-0.4, -0.2) is 15.2 Å². The molecule has 2 N–H and O–H groups in total. The van der Waals surface area contributed by atoms with Gasteiger partial charge in [-0.05, 0) is 0 Å². The van der Waals surface area contributed by atoms with Gasteiger partial charge >= 0.3 is 123 Å². The second-order valence-electron chi connectivity index (χ2n) is 6.30. The fourth-order valence-electron chi connectivity index (χ4n) is 3.20. The molecule has 2 heterocycles. The van der Waals surface area contributed by atoms with Crippen LogP contribution in [0.1, 0.15) is 65.7 Å². The van der Waals surface area contributed by atoms with Crippen molar-refractivity contribution in [2.24, 2.45) is 5.41 Å². The van der Waals surface area contributed by atoms with Gasteiger partial charge in [0.1, 0.15) is 0 Å². The van der Waals surface area contributed by atoms with Gasteiger partial charge in [0.05, 0.1) is 0 Å². The third-order valence-corrected chi connectivity index (χ3v) is 10.3. The van der Waals surface area contributed by atoms with Crippen LogP contribution >= 0.6 is 20.4 Å². The summed E-state index contributed by atoms with van der Waals surface area (Å²) < 4.78 is 13.1. The number of rotatable bonds is 5. The van der Waals surface area contributed by atoms with Crippen molar-refractivity contribution in [3.63, 3.8) is 0 Å². The Labute approximate surface area is 123 Å². The number of carbonyl (C=O) groups excluding carboxylic acids is 1. The minimum absolute atomic E-state index is 0.00630. The Morgan fingerprint density at radius 1 is 1.26 bits per heavy atom. The van der Waals surface area contributed by atoms with E-state index in [0.29, 0.717) is 0 Å². The van der Waals surface area contributed by atoms with Gasteiger partial charge in [0.15, 0.2) is 0 Å². The average molecular weight is 380 g/mol. The zero-order chi connectivity index (χ0) is 13.7. The second-order valence-corrected chi connectivity index (χ2v) is 10.6. The fraction of sp³-hybridized carbons (Fsp3) is 0.929. The van der Waals surface area contributed by atoms with E-state index < -0.39 is 20.4 Å². The van der Waals surface area contributed by atoms with Crippen LogP contribution in [0.3, 0.4) is 0 Å². The Hall–Kier alpha value is 0.120. The molecule has 5 heteroatoms. The summed E-state index contributed by atoms with van der Waals surface area (Å²) in [7, 11) is 0. The van der Waals surface area contributed by atoms with Gasteiger partial charge in [0.25, 0.3) is 0 Å². The standard InChI is InChI=1S/C14H25IN2O2/c1-4-12(3,14-15(16-14)17-14)11(18)19-13(5-2)9-7-6-8-10-13/h16-17H,4-10H2,1-3H3. The van der Waals surface area contributed by atoms with Gasteiger partial charge in [-0.3, -0.25) is 0 Å². The molecule has 0 aromatic heterocycles. The van der Waals surface area contributed by atoms with E-state index in [0.717, 1.165) is 25.7 Å². The number of carbonyl (C=O) groups is 1. The molecule has 1 atom stereocenters. The molecule has 2 saturated heterocycles. The molecule has 0 aromatic rings. The quantitative estimate of drug-likeness (QED) is 0.192. The van der Waals surface area contributed by atoms with Gasteiger partial charge < -0.3 is 0 Å². The van der Waals surface area contributed by atoms with E-state index in [4.69, 9.17) is 4.74 Å². The monoisotopic (exact) mass is 380 g/mol. The zero-order valence-corrected chi connectivity index (χ0v) is 14.3. The van der Waals surface area contributed by atoms with Gasteiger partial charge in [-0.1, -0.05) is 0 Å². The molecule has 0 amide bonds. The molecule has 3 fully saturated rings. The molecule has 1 unspecified atom stereocenters. The van der Waals surface area contributed by atoms with Crippen molar-refractivity contribution in [1.29, 1.82) is 0 Å². The van der Waals surface area contributed by atoms with Gasteiger partial charge in [-0.15, -0.1) is 0 Å². The van der Waals surface area contributed by atoms with E-state index in [9.17, 15) is 4.79 Å². The number of nitrogens with one attached hydrogen (secondary N) is 2. The molecule has 4 nitrogen and oxygen atoms in total. The summed E-state index contributed by atoms with van der Waals surface area (Å²) in [5.74, 6) is 0.0241. The maximum absolute atomic E-state index is 12.8. The van der Waals surface area contributed by atoms with Gasteiger partial charge in [-0.2, -0.15) is 0 Å². The summed E-state index contributed by atoms with van der Waals surface area (Å²) in [6, 6.07) is 0. The average Bonchev–Trinajstić information content (AvgIpc) is 3.28. The molecular weight excluding hydrogens is 355 g/mol. The first-order valence-corrected chi connectivity index (χ1v) is 10.7. The Morgan fingerprint density at radius 2 is 1.84 bits per heavy atom. The first kappa shape index (κ1) is 14.1. The number of halogens is 1. The molecule has 110 valence electrons. The van der Waals surface area contributed by atoms with Gasteiger partial charge in [0, 0.05) is 0 Å². The van der Waals surface area contributed by atoms with Crippen LogP contribution in [0.4, 0.5) is 0 Å². The minimum atomic E-state index is -1.11. The van der Waals surface area contributed by atoms with Crippen LogP contribution in [0.5, 0.6) is 0 Å². The van der Waals surface area contributed by atoms with Crippen molar-refractivity contribution in [2.75, 3.05) is 0 Å². The molecule has 0 bridgehead atoms. The molecule has 2 aliphatic heterocycles. The van der Waals surface area contributed by atoms with Crippen molar-refractivity contribution in [1.82, 2.24) is 7.06 Å².